The molecule has 1 aliphatic rings. The van der Waals surface area contributed by atoms with Crippen molar-refractivity contribution in [1.29, 1.82) is 0 Å². The van der Waals surface area contributed by atoms with Gasteiger partial charge in [-0.3, -0.25) is 4.79 Å². The summed E-state index contributed by atoms with van der Waals surface area (Å²) in [4.78, 5) is 23.9. The van der Waals surface area contributed by atoms with Crippen LogP contribution < -0.4 is 20.7 Å². The number of fused-ring (bicyclic) bond motifs is 1. The molecule has 3 amide bonds. The van der Waals surface area contributed by atoms with Crippen molar-refractivity contribution in [3.05, 3.63) is 23.8 Å². The first-order valence-electron chi connectivity index (χ1n) is 7.40. The Morgan fingerprint density at radius 2 is 2.00 bits per heavy atom. The number of hydrogen-bond donors (Lipinski definition) is 3. The molecule has 0 saturated heterocycles. The average Bonchev–Trinajstić information content (AvgIpc) is 2.83. The molecular formula is C16H23N3O3. The van der Waals surface area contributed by atoms with Crippen molar-refractivity contribution in [2.45, 2.75) is 45.7 Å². The van der Waals surface area contributed by atoms with Gasteiger partial charge in [-0.1, -0.05) is 0 Å². The van der Waals surface area contributed by atoms with Crippen molar-refractivity contribution in [3.63, 3.8) is 0 Å². The van der Waals surface area contributed by atoms with Crippen LogP contribution in [0.3, 0.4) is 0 Å². The first kappa shape index (κ1) is 16.1. The lowest BCUT2D eigenvalue weighted by atomic mass is 10.1. The maximum atomic E-state index is 12.0. The van der Waals surface area contributed by atoms with Crippen LogP contribution in [0.2, 0.25) is 0 Å². The fraction of sp³-hybridized carbons (Fsp3) is 0.500. The number of carbonyl (C=O) groups is 2. The van der Waals surface area contributed by atoms with Crippen molar-refractivity contribution in [1.82, 2.24) is 10.6 Å². The summed E-state index contributed by atoms with van der Waals surface area (Å²) in [5.74, 6) is 0.647. The van der Waals surface area contributed by atoms with E-state index in [0.29, 0.717) is 12.3 Å². The summed E-state index contributed by atoms with van der Waals surface area (Å²) in [6.45, 7) is 8.01. The first-order valence-corrected chi connectivity index (χ1v) is 7.40. The first-order chi connectivity index (χ1) is 10.2. The highest BCUT2D eigenvalue weighted by Gasteiger charge is 2.21. The van der Waals surface area contributed by atoms with Gasteiger partial charge in [0.2, 0.25) is 5.91 Å². The van der Waals surface area contributed by atoms with Crippen molar-refractivity contribution in [2.24, 2.45) is 0 Å². The lowest BCUT2D eigenvalue weighted by Crippen LogP contribution is -2.51. The zero-order valence-corrected chi connectivity index (χ0v) is 13.4. The Balaban J connectivity index is 1.88. The van der Waals surface area contributed by atoms with E-state index in [1.165, 1.54) is 0 Å². The topological polar surface area (TPSA) is 79.5 Å². The molecule has 3 N–H and O–H groups in total. The smallest absolute Gasteiger partial charge is 0.319 e. The normalized spacial score (nSPS) is 14.5. The number of amides is 3. The van der Waals surface area contributed by atoms with Gasteiger partial charge >= 0.3 is 6.03 Å². The lowest BCUT2D eigenvalue weighted by Gasteiger charge is -2.23. The predicted molar refractivity (Wildman–Crippen MR) is 85.2 cm³/mol. The summed E-state index contributed by atoms with van der Waals surface area (Å²) in [5.41, 5.74) is 1.44. The summed E-state index contributed by atoms with van der Waals surface area (Å²) in [6, 6.07) is 4.49. The number of rotatable bonds is 3. The summed E-state index contributed by atoms with van der Waals surface area (Å²) < 4.78 is 5.42. The van der Waals surface area contributed by atoms with E-state index in [1.54, 1.807) is 13.0 Å². The molecule has 0 fully saturated rings. The molecule has 120 valence electrons. The summed E-state index contributed by atoms with van der Waals surface area (Å²) in [5, 5.41) is 8.18. The molecule has 1 aromatic carbocycles. The molecule has 0 unspecified atom stereocenters. The van der Waals surface area contributed by atoms with Gasteiger partial charge in [0, 0.05) is 17.6 Å². The molecule has 1 atom stereocenters. The largest absolute Gasteiger partial charge is 0.493 e. The summed E-state index contributed by atoms with van der Waals surface area (Å²) in [6.07, 6.45) is 0.844. The van der Waals surface area contributed by atoms with Crippen LogP contribution in [-0.4, -0.2) is 30.1 Å². The molecule has 0 aliphatic carbocycles. The lowest BCUT2D eigenvalue weighted by molar-refractivity contribution is -0.123. The minimum Gasteiger partial charge on any atom is -0.493 e. The molecule has 0 spiro atoms. The van der Waals surface area contributed by atoms with E-state index >= 15 is 0 Å². The van der Waals surface area contributed by atoms with Gasteiger partial charge < -0.3 is 20.7 Å². The average molecular weight is 305 g/mol. The number of anilines is 1. The van der Waals surface area contributed by atoms with Gasteiger partial charge in [0.25, 0.3) is 0 Å². The molecule has 0 radical (unpaired) electrons. The number of urea groups is 1. The van der Waals surface area contributed by atoms with E-state index in [-0.39, 0.29) is 11.4 Å². The Kier molecular flexibility index (Phi) is 4.59. The van der Waals surface area contributed by atoms with E-state index in [4.69, 9.17) is 4.74 Å². The molecule has 0 bridgehead atoms. The fourth-order valence-corrected chi connectivity index (χ4v) is 2.17. The summed E-state index contributed by atoms with van der Waals surface area (Å²) in [7, 11) is 0. The van der Waals surface area contributed by atoms with Crippen molar-refractivity contribution < 1.29 is 14.3 Å². The Labute approximate surface area is 130 Å². The zero-order chi connectivity index (χ0) is 16.3. The molecular weight excluding hydrogens is 282 g/mol. The van der Waals surface area contributed by atoms with Crippen molar-refractivity contribution in [2.75, 3.05) is 11.9 Å². The second-order valence-electron chi connectivity index (χ2n) is 6.48. The Hall–Kier alpha value is -2.24. The third-order valence-corrected chi connectivity index (χ3v) is 3.19. The van der Waals surface area contributed by atoms with Crippen LogP contribution in [0, 0.1) is 0 Å². The minimum absolute atomic E-state index is 0.218. The molecule has 1 heterocycles. The van der Waals surface area contributed by atoms with Crippen LogP contribution >= 0.6 is 0 Å². The molecule has 6 heteroatoms. The highest BCUT2D eigenvalue weighted by molar-refractivity contribution is 5.93. The Morgan fingerprint density at radius 1 is 1.27 bits per heavy atom. The van der Waals surface area contributed by atoms with E-state index in [9.17, 15) is 9.59 Å². The van der Waals surface area contributed by atoms with Crippen LogP contribution in [0.15, 0.2) is 18.2 Å². The maximum absolute atomic E-state index is 12.0. The molecule has 0 aromatic heterocycles. The standard InChI is InChI=1S/C16H23N3O3/c1-10(14(20)19-16(2,3)4)17-15(21)18-12-5-6-13-11(9-12)7-8-22-13/h5-6,9-10H,7-8H2,1-4H3,(H,19,20)(H2,17,18,21)/t10-/m1/s1. The highest BCUT2D eigenvalue weighted by Crippen LogP contribution is 2.27. The number of benzene rings is 1. The third-order valence-electron chi connectivity index (χ3n) is 3.19. The van der Waals surface area contributed by atoms with Crippen molar-refractivity contribution in [3.8, 4) is 5.75 Å². The van der Waals surface area contributed by atoms with Crippen LogP contribution in [0.5, 0.6) is 5.75 Å². The van der Waals surface area contributed by atoms with Gasteiger partial charge in [-0.2, -0.15) is 0 Å². The highest BCUT2D eigenvalue weighted by atomic mass is 16.5. The van der Waals surface area contributed by atoms with Gasteiger partial charge in [0.15, 0.2) is 0 Å². The fourth-order valence-electron chi connectivity index (χ4n) is 2.17. The minimum atomic E-state index is -0.614. The molecule has 1 aliphatic heterocycles. The van der Waals surface area contributed by atoms with E-state index < -0.39 is 12.1 Å². The Morgan fingerprint density at radius 3 is 2.68 bits per heavy atom. The van der Waals surface area contributed by atoms with Crippen molar-refractivity contribution >= 4 is 17.6 Å². The number of nitrogens with one attached hydrogen (secondary N) is 3. The second-order valence-corrected chi connectivity index (χ2v) is 6.48. The van der Waals surface area contributed by atoms with Gasteiger partial charge in [0.05, 0.1) is 6.61 Å². The number of carbonyl (C=O) groups excluding carboxylic acids is 2. The van der Waals surface area contributed by atoms with E-state index in [1.807, 2.05) is 32.9 Å². The van der Waals surface area contributed by atoms with Gasteiger partial charge in [-0.25, -0.2) is 4.79 Å². The molecule has 2 rings (SSSR count). The van der Waals surface area contributed by atoms with E-state index in [2.05, 4.69) is 16.0 Å². The number of ether oxygens (including phenoxy) is 1. The predicted octanol–water partition coefficient (Wildman–Crippen LogP) is 2.05. The van der Waals surface area contributed by atoms with Crippen LogP contribution in [0.1, 0.15) is 33.3 Å². The summed E-state index contributed by atoms with van der Waals surface area (Å²) >= 11 is 0. The number of hydrogen-bond acceptors (Lipinski definition) is 3. The quantitative estimate of drug-likeness (QED) is 0.799. The monoisotopic (exact) mass is 305 g/mol. The zero-order valence-electron chi connectivity index (χ0n) is 13.4. The third kappa shape index (κ3) is 4.38. The molecule has 0 saturated carbocycles. The van der Waals surface area contributed by atoms with Crippen LogP contribution in [-0.2, 0) is 11.2 Å². The maximum Gasteiger partial charge on any atom is 0.319 e. The van der Waals surface area contributed by atoms with Gasteiger partial charge in [-0.15, -0.1) is 0 Å². The molecule has 22 heavy (non-hydrogen) atoms. The Bertz CT molecular complexity index is 578. The second kappa shape index (κ2) is 6.25. The van der Waals surface area contributed by atoms with Gasteiger partial charge in [-0.05, 0) is 51.5 Å². The van der Waals surface area contributed by atoms with Gasteiger partial charge in [0.1, 0.15) is 11.8 Å². The van der Waals surface area contributed by atoms with Crippen LogP contribution in [0.4, 0.5) is 10.5 Å². The molecule has 1 aromatic rings. The van der Waals surface area contributed by atoms with E-state index in [0.717, 1.165) is 17.7 Å². The molecule has 6 nitrogen and oxygen atoms in total. The SMILES string of the molecule is C[C@@H](NC(=O)Nc1ccc2c(c1)CCO2)C(=O)NC(C)(C)C. The van der Waals surface area contributed by atoms with Crippen LogP contribution in [0.25, 0.3) is 0 Å².